The predicted molar refractivity (Wildman–Crippen MR) is 69.9 cm³/mol. The largest absolute Gasteiger partial charge is 0.462 e. The highest BCUT2D eigenvalue weighted by Gasteiger charge is 2.05. The quantitative estimate of drug-likeness (QED) is 0.555. The summed E-state index contributed by atoms with van der Waals surface area (Å²) in [5, 5.41) is 0. The molecule has 2 heteroatoms. The van der Waals surface area contributed by atoms with Gasteiger partial charge in [0.15, 0.2) is 0 Å². The van der Waals surface area contributed by atoms with E-state index in [0.717, 1.165) is 19.3 Å². The first kappa shape index (κ1) is 13.5. The van der Waals surface area contributed by atoms with Gasteiger partial charge in [0.25, 0.3) is 0 Å². The third-order valence-electron chi connectivity index (χ3n) is 2.59. The zero-order valence-corrected chi connectivity index (χ0v) is 10.7. The van der Waals surface area contributed by atoms with Crippen LogP contribution in [-0.2, 0) is 22.4 Å². The van der Waals surface area contributed by atoms with Crippen molar-refractivity contribution in [3.05, 3.63) is 47.5 Å². The summed E-state index contributed by atoms with van der Waals surface area (Å²) in [6.07, 6.45) is 2.97. The molecular weight excluding hydrogens is 212 g/mol. The van der Waals surface area contributed by atoms with Crippen LogP contribution in [0, 0.1) is 0 Å². The molecule has 0 aliphatic carbocycles. The Balaban J connectivity index is 2.51. The Hall–Kier alpha value is -1.57. The second-order valence-electron chi connectivity index (χ2n) is 4.18. The number of hydrogen-bond donors (Lipinski definition) is 0. The number of esters is 1. The predicted octanol–water partition coefficient (Wildman–Crippen LogP) is 3.30. The normalized spacial score (nSPS) is 10.0. The van der Waals surface area contributed by atoms with E-state index in [9.17, 15) is 4.79 Å². The zero-order valence-electron chi connectivity index (χ0n) is 10.7. The van der Waals surface area contributed by atoms with Crippen LogP contribution < -0.4 is 0 Å². The van der Waals surface area contributed by atoms with Crippen molar-refractivity contribution in [3.63, 3.8) is 0 Å². The lowest BCUT2D eigenvalue weighted by Crippen LogP contribution is -2.09. The summed E-state index contributed by atoms with van der Waals surface area (Å²) in [6, 6.07) is 8.31. The lowest BCUT2D eigenvalue weighted by Gasteiger charge is -2.09. The minimum atomic E-state index is -0.307. The summed E-state index contributed by atoms with van der Waals surface area (Å²) in [6.45, 7) is 7.80. The SMILES string of the molecule is C=C(C)C(=O)OCCc1ccccc1CCC. The van der Waals surface area contributed by atoms with Crippen molar-refractivity contribution in [2.45, 2.75) is 33.1 Å². The maximum Gasteiger partial charge on any atom is 0.333 e. The molecule has 1 aromatic carbocycles. The number of ether oxygens (including phenoxy) is 1. The van der Waals surface area contributed by atoms with E-state index in [1.807, 2.05) is 12.1 Å². The van der Waals surface area contributed by atoms with E-state index in [4.69, 9.17) is 4.74 Å². The van der Waals surface area contributed by atoms with Crippen LogP contribution >= 0.6 is 0 Å². The number of benzene rings is 1. The molecule has 0 spiro atoms. The smallest absolute Gasteiger partial charge is 0.333 e. The molecule has 1 aromatic rings. The molecule has 0 radical (unpaired) electrons. The van der Waals surface area contributed by atoms with Crippen LogP contribution in [-0.4, -0.2) is 12.6 Å². The van der Waals surface area contributed by atoms with Gasteiger partial charge >= 0.3 is 5.97 Å². The number of aryl methyl sites for hydroxylation is 1. The lowest BCUT2D eigenvalue weighted by molar-refractivity contribution is -0.138. The van der Waals surface area contributed by atoms with Crippen molar-refractivity contribution < 1.29 is 9.53 Å². The second-order valence-corrected chi connectivity index (χ2v) is 4.18. The summed E-state index contributed by atoms with van der Waals surface area (Å²) in [5.74, 6) is -0.307. The molecule has 0 unspecified atom stereocenters. The standard InChI is InChI=1S/C15H20O2/c1-4-7-13-8-5-6-9-14(13)10-11-17-15(16)12(2)3/h5-6,8-9H,2,4,7,10-11H2,1,3H3. The van der Waals surface area contributed by atoms with E-state index in [1.54, 1.807) is 6.92 Å². The molecule has 2 nitrogen and oxygen atoms in total. The minimum Gasteiger partial charge on any atom is -0.462 e. The van der Waals surface area contributed by atoms with Gasteiger partial charge in [-0.15, -0.1) is 0 Å². The maximum atomic E-state index is 11.2. The molecule has 0 saturated heterocycles. The van der Waals surface area contributed by atoms with E-state index in [-0.39, 0.29) is 5.97 Å². The van der Waals surface area contributed by atoms with E-state index < -0.39 is 0 Å². The molecule has 0 heterocycles. The summed E-state index contributed by atoms with van der Waals surface area (Å²) >= 11 is 0. The molecule has 0 aromatic heterocycles. The van der Waals surface area contributed by atoms with E-state index in [2.05, 4.69) is 25.6 Å². The molecule has 0 N–H and O–H groups in total. The number of carbonyl (C=O) groups excluding carboxylic acids is 1. The lowest BCUT2D eigenvalue weighted by atomic mass is 10.0. The molecule has 1 rings (SSSR count). The maximum absolute atomic E-state index is 11.2. The van der Waals surface area contributed by atoms with Gasteiger partial charge in [-0.2, -0.15) is 0 Å². The van der Waals surface area contributed by atoms with Crippen molar-refractivity contribution in [2.75, 3.05) is 6.61 Å². The number of hydrogen-bond acceptors (Lipinski definition) is 2. The van der Waals surface area contributed by atoms with Crippen LogP contribution in [0.1, 0.15) is 31.4 Å². The van der Waals surface area contributed by atoms with Gasteiger partial charge in [0.2, 0.25) is 0 Å². The Morgan fingerprint density at radius 2 is 1.82 bits per heavy atom. The average molecular weight is 232 g/mol. The molecule has 0 aliphatic heterocycles. The Bertz CT molecular complexity index is 394. The Morgan fingerprint density at radius 1 is 1.24 bits per heavy atom. The summed E-state index contributed by atoms with van der Waals surface area (Å²) in [7, 11) is 0. The van der Waals surface area contributed by atoms with Gasteiger partial charge in [0.05, 0.1) is 6.61 Å². The highest BCUT2D eigenvalue weighted by atomic mass is 16.5. The van der Waals surface area contributed by atoms with Crippen molar-refractivity contribution in [1.82, 2.24) is 0 Å². The summed E-state index contributed by atoms with van der Waals surface area (Å²) < 4.78 is 5.10. The van der Waals surface area contributed by atoms with Gasteiger partial charge in [-0.1, -0.05) is 44.2 Å². The first-order valence-corrected chi connectivity index (χ1v) is 6.04. The van der Waals surface area contributed by atoms with Gasteiger partial charge in [-0.05, 0) is 24.5 Å². The molecule has 0 atom stereocenters. The minimum absolute atomic E-state index is 0.307. The monoisotopic (exact) mass is 232 g/mol. The molecule has 0 aliphatic rings. The van der Waals surface area contributed by atoms with Crippen molar-refractivity contribution in [3.8, 4) is 0 Å². The van der Waals surface area contributed by atoms with Crippen LogP contribution in [0.5, 0.6) is 0 Å². The fourth-order valence-corrected chi connectivity index (χ4v) is 1.69. The first-order chi connectivity index (χ1) is 8.15. The Morgan fingerprint density at radius 3 is 2.35 bits per heavy atom. The molecule has 17 heavy (non-hydrogen) atoms. The summed E-state index contributed by atoms with van der Waals surface area (Å²) in [5.41, 5.74) is 3.07. The van der Waals surface area contributed by atoms with Crippen molar-refractivity contribution in [2.24, 2.45) is 0 Å². The molecule has 0 amide bonds. The third-order valence-corrected chi connectivity index (χ3v) is 2.59. The Kier molecular flexibility index (Phi) is 5.47. The van der Waals surface area contributed by atoms with Crippen LogP contribution in [0.2, 0.25) is 0 Å². The van der Waals surface area contributed by atoms with Gasteiger partial charge in [-0.3, -0.25) is 0 Å². The first-order valence-electron chi connectivity index (χ1n) is 6.04. The zero-order chi connectivity index (χ0) is 12.7. The second kappa shape index (κ2) is 6.89. The fourth-order valence-electron chi connectivity index (χ4n) is 1.69. The highest BCUT2D eigenvalue weighted by Crippen LogP contribution is 2.12. The third kappa shape index (κ3) is 4.43. The van der Waals surface area contributed by atoms with E-state index in [1.165, 1.54) is 11.1 Å². The molecule has 92 valence electrons. The molecular formula is C15H20O2. The fraction of sp³-hybridized carbons (Fsp3) is 0.400. The summed E-state index contributed by atoms with van der Waals surface area (Å²) in [4.78, 5) is 11.2. The van der Waals surface area contributed by atoms with Crippen molar-refractivity contribution in [1.29, 1.82) is 0 Å². The average Bonchev–Trinajstić information content (AvgIpc) is 2.31. The number of rotatable bonds is 6. The Labute approximate surface area is 103 Å². The van der Waals surface area contributed by atoms with Crippen LogP contribution in [0.25, 0.3) is 0 Å². The molecule has 0 fully saturated rings. The molecule has 0 saturated carbocycles. The van der Waals surface area contributed by atoms with Gasteiger partial charge in [-0.25, -0.2) is 4.79 Å². The number of carbonyl (C=O) groups is 1. The van der Waals surface area contributed by atoms with Gasteiger partial charge in [0, 0.05) is 12.0 Å². The topological polar surface area (TPSA) is 26.3 Å². The molecule has 0 bridgehead atoms. The van der Waals surface area contributed by atoms with Gasteiger partial charge in [0.1, 0.15) is 0 Å². The highest BCUT2D eigenvalue weighted by molar-refractivity contribution is 5.86. The van der Waals surface area contributed by atoms with E-state index >= 15 is 0 Å². The van der Waals surface area contributed by atoms with Crippen LogP contribution in [0.4, 0.5) is 0 Å². The van der Waals surface area contributed by atoms with Crippen molar-refractivity contribution >= 4 is 5.97 Å². The van der Waals surface area contributed by atoms with Crippen LogP contribution in [0.15, 0.2) is 36.4 Å². The van der Waals surface area contributed by atoms with Crippen LogP contribution in [0.3, 0.4) is 0 Å². The van der Waals surface area contributed by atoms with Gasteiger partial charge < -0.3 is 4.74 Å². The van der Waals surface area contributed by atoms with E-state index in [0.29, 0.717) is 12.2 Å².